The first-order valence-electron chi connectivity index (χ1n) is 3.69. The lowest BCUT2D eigenvalue weighted by Gasteiger charge is -1.98. The van der Waals surface area contributed by atoms with Gasteiger partial charge in [0, 0.05) is 6.07 Å². The topological polar surface area (TPSA) is 67.9 Å². The van der Waals surface area contributed by atoms with E-state index in [0.29, 0.717) is 16.9 Å². The fourth-order valence-electron chi connectivity index (χ4n) is 1.05. The lowest BCUT2D eigenvalue weighted by molar-refractivity contribution is 0.399. The van der Waals surface area contributed by atoms with Crippen molar-refractivity contribution in [3.63, 3.8) is 0 Å². The summed E-state index contributed by atoms with van der Waals surface area (Å²) in [5.74, 6) is 0.408. The van der Waals surface area contributed by atoms with Gasteiger partial charge in [-0.2, -0.15) is 0 Å². The summed E-state index contributed by atoms with van der Waals surface area (Å²) in [4.78, 5) is 21.6. The van der Waals surface area contributed by atoms with Crippen LogP contribution in [0.3, 0.4) is 0 Å². The Balaban J connectivity index is 2.82. The molecular formula is C8H7N3O2. The van der Waals surface area contributed by atoms with Crippen molar-refractivity contribution < 1.29 is 4.74 Å². The minimum Gasteiger partial charge on any atom is -0.481 e. The average Bonchev–Trinajstić information content (AvgIpc) is 2.18. The lowest BCUT2D eigenvalue weighted by atomic mass is 10.3. The van der Waals surface area contributed by atoms with E-state index in [1.54, 1.807) is 12.1 Å². The molecule has 0 bridgehead atoms. The van der Waals surface area contributed by atoms with Gasteiger partial charge >= 0.3 is 0 Å². The predicted molar refractivity (Wildman–Crippen MR) is 46.7 cm³/mol. The first kappa shape index (κ1) is 7.72. The Morgan fingerprint density at radius 3 is 3.08 bits per heavy atom. The fraction of sp³-hybridized carbons (Fsp3) is 0.125. The number of nitrogens with one attached hydrogen (secondary N) is 1. The van der Waals surface area contributed by atoms with Crippen LogP contribution in [0, 0.1) is 0 Å². The molecule has 1 N–H and O–H groups in total. The Morgan fingerprint density at radius 1 is 1.46 bits per heavy atom. The van der Waals surface area contributed by atoms with Crippen molar-refractivity contribution in [3.05, 3.63) is 28.8 Å². The SMILES string of the molecule is COc1ccc2nc[nH]c(=O)c2n1. The zero-order valence-corrected chi connectivity index (χ0v) is 6.94. The van der Waals surface area contributed by atoms with Crippen LogP contribution >= 0.6 is 0 Å². The van der Waals surface area contributed by atoms with E-state index in [1.165, 1.54) is 13.4 Å². The highest BCUT2D eigenvalue weighted by Gasteiger charge is 2.01. The van der Waals surface area contributed by atoms with Gasteiger partial charge in [-0.25, -0.2) is 9.97 Å². The van der Waals surface area contributed by atoms with E-state index in [-0.39, 0.29) is 5.56 Å². The van der Waals surface area contributed by atoms with Crippen molar-refractivity contribution in [2.24, 2.45) is 0 Å². The maximum absolute atomic E-state index is 11.2. The van der Waals surface area contributed by atoms with Crippen molar-refractivity contribution in [3.8, 4) is 5.88 Å². The Bertz CT molecular complexity index is 492. The third-order valence-electron chi connectivity index (χ3n) is 1.67. The summed E-state index contributed by atoms with van der Waals surface area (Å²) in [6.45, 7) is 0. The molecular weight excluding hydrogens is 170 g/mol. The quantitative estimate of drug-likeness (QED) is 0.681. The van der Waals surface area contributed by atoms with Crippen molar-refractivity contribution in [2.75, 3.05) is 7.11 Å². The van der Waals surface area contributed by atoms with Crippen LogP contribution in [0.2, 0.25) is 0 Å². The van der Waals surface area contributed by atoms with Gasteiger partial charge in [0.25, 0.3) is 5.56 Å². The molecule has 2 aromatic heterocycles. The van der Waals surface area contributed by atoms with E-state index in [1.807, 2.05) is 0 Å². The smallest absolute Gasteiger partial charge is 0.277 e. The molecule has 5 heteroatoms. The maximum Gasteiger partial charge on any atom is 0.277 e. The van der Waals surface area contributed by atoms with Gasteiger partial charge in [0.05, 0.1) is 19.0 Å². The summed E-state index contributed by atoms with van der Waals surface area (Å²) < 4.78 is 4.89. The summed E-state index contributed by atoms with van der Waals surface area (Å²) in [5.41, 5.74) is 0.593. The van der Waals surface area contributed by atoms with E-state index in [0.717, 1.165) is 0 Å². The summed E-state index contributed by atoms with van der Waals surface area (Å²) >= 11 is 0. The normalized spacial score (nSPS) is 10.2. The standard InChI is InChI=1S/C8H7N3O2/c1-13-6-3-2-5-7(11-6)8(12)10-4-9-5/h2-4H,1H3,(H,9,10,12). The van der Waals surface area contributed by atoms with Gasteiger partial charge in [-0.1, -0.05) is 0 Å². The molecule has 0 unspecified atom stereocenters. The summed E-state index contributed by atoms with van der Waals surface area (Å²) in [6.07, 6.45) is 1.35. The van der Waals surface area contributed by atoms with Gasteiger partial charge in [-0.05, 0) is 6.07 Å². The molecule has 0 aliphatic carbocycles. The Morgan fingerprint density at radius 2 is 2.31 bits per heavy atom. The number of methoxy groups -OCH3 is 1. The predicted octanol–water partition coefficient (Wildman–Crippen LogP) is 0.327. The highest BCUT2D eigenvalue weighted by Crippen LogP contribution is 2.09. The lowest BCUT2D eigenvalue weighted by Crippen LogP contribution is -2.08. The minimum absolute atomic E-state index is 0.260. The molecule has 0 amide bonds. The van der Waals surface area contributed by atoms with Crippen molar-refractivity contribution in [1.82, 2.24) is 15.0 Å². The number of ether oxygens (including phenoxy) is 1. The Hall–Kier alpha value is -1.91. The molecule has 2 rings (SSSR count). The maximum atomic E-state index is 11.2. The van der Waals surface area contributed by atoms with Crippen molar-refractivity contribution in [2.45, 2.75) is 0 Å². The van der Waals surface area contributed by atoms with Crippen LogP contribution in [0.5, 0.6) is 5.88 Å². The van der Waals surface area contributed by atoms with Crippen LogP contribution in [-0.2, 0) is 0 Å². The molecule has 0 radical (unpaired) electrons. The molecule has 2 heterocycles. The molecule has 0 aliphatic rings. The number of aromatic amines is 1. The molecule has 0 atom stereocenters. The van der Waals surface area contributed by atoms with E-state index in [2.05, 4.69) is 15.0 Å². The van der Waals surface area contributed by atoms with Crippen molar-refractivity contribution in [1.29, 1.82) is 0 Å². The van der Waals surface area contributed by atoms with Gasteiger partial charge in [-0.3, -0.25) is 4.79 Å². The molecule has 66 valence electrons. The number of hydrogen-bond donors (Lipinski definition) is 1. The number of fused-ring (bicyclic) bond motifs is 1. The molecule has 2 aromatic rings. The summed E-state index contributed by atoms with van der Waals surface area (Å²) in [5, 5.41) is 0. The van der Waals surface area contributed by atoms with Crippen LogP contribution in [0.4, 0.5) is 0 Å². The third kappa shape index (κ3) is 1.24. The zero-order chi connectivity index (χ0) is 9.26. The van der Waals surface area contributed by atoms with E-state index < -0.39 is 0 Å². The largest absolute Gasteiger partial charge is 0.481 e. The van der Waals surface area contributed by atoms with Gasteiger partial charge in [0.1, 0.15) is 0 Å². The molecule has 5 nitrogen and oxygen atoms in total. The molecule has 13 heavy (non-hydrogen) atoms. The Kier molecular flexibility index (Phi) is 1.70. The Labute approximate surface area is 73.4 Å². The number of nitrogens with zero attached hydrogens (tertiary/aromatic N) is 2. The highest BCUT2D eigenvalue weighted by molar-refractivity contribution is 5.72. The van der Waals surface area contributed by atoms with Crippen LogP contribution in [-0.4, -0.2) is 22.1 Å². The highest BCUT2D eigenvalue weighted by atomic mass is 16.5. The average molecular weight is 177 g/mol. The van der Waals surface area contributed by atoms with Gasteiger partial charge in [-0.15, -0.1) is 0 Å². The first-order chi connectivity index (χ1) is 6.31. The number of aromatic nitrogens is 3. The van der Waals surface area contributed by atoms with Gasteiger partial charge < -0.3 is 9.72 Å². The number of pyridine rings is 1. The van der Waals surface area contributed by atoms with E-state index in [4.69, 9.17) is 4.74 Å². The summed E-state index contributed by atoms with van der Waals surface area (Å²) in [7, 11) is 1.50. The van der Waals surface area contributed by atoms with Crippen LogP contribution in [0.15, 0.2) is 23.3 Å². The molecule has 0 saturated carbocycles. The molecule has 0 fully saturated rings. The first-order valence-corrected chi connectivity index (χ1v) is 3.69. The number of hydrogen-bond acceptors (Lipinski definition) is 4. The zero-order valence-electron chi connectivity index (χ0n) is 6.94. The molecule has 0 aromatic carbocycles. The van der Waals surface area contributed by atoms with Gasteiger partial charge in [0.2, 0.25) is 5.88 Å². The summed E-state index contributed by atoms with van der Waals surface area (Å²) in [6, 6.07) is 3.35. The van der Waals surface area contributed by atoms with Crippen LogP contribution in [0.1, 0.15) is 0 Å². The second-order valence-electron chi connectivity index (χ2n) is 2.45. The number of H-pyrrole nitrogens is 1. The molecule has 0 aliphatic heterocycles. The van der Waals surface area contributed by atoms with Gasteiger partial charge in [0.15, 0.2) is 5.52 Å². The minimum atomic E-state index is -0.260. The second-order valence-corrected chi connectivity index (χ2v) is 2.45. The van der Waals surface area contributed by atoms with E-state index >= 15 is 0 Å². The number of rotatable bonds is 1. The van der Waals surface area contributed by atoms with E-state index in [9.17, 15) is 4.79 Å². The molecule has 0 spiro atoms. The van der Waals surface area contributed by atoms with Crippen molar-refractivity contribution >= 4 is 11.0 Å². The third-order valence-corrected chi connectivity index (χ3v) is 1.67. The fourth-order valence-corrected chi connectivity index (χ4v) is 1.05. The van der Waals surface area contributed by atoms with Crippen LogP contribution < -0.4 is 10.3 Å². The molecule has 0 saturated heterocycles. The van der Waals surface area contributed by atoms with Crippen LogP contribution in [0.25, 0.3) is 11.0 Å². The second kappa shape index (κ2) is 2.85. The monoisotopic (exact) mass is 177 g/mol.